The molecule has 1 N–H and O–H groups in total. The van der Waals surface area contributed by atoms with Crippen molar-refractivity contribution in [1.29, 1.82) is 0 Å². The molecule has 0 saturated heterocycles. The number of carboxylic acid groups (broad SMARTS) is 1. The number of aliphatic imine (C=N–C) groups is 1. The molecule has 0 radical (unpaired) electrons. The molecule has 0 fully saturated rings. The van der Waals surface area contributed by atoms with Crippen molar-refractivity contribution in [2.75, 3.05) is 19.6 Å². The summed E-state index contributed by atoms with van der Waals surface area (Å²) in [7, 11) is 0. The lowest BCUT2D eigenvalue weighted by Crippen LogP contribution is -2.34. The SMILES string of the molecule is O=C(O)CCN1CCN=C1[N+](=O)[O-]. The average Bonchev–Trinajstić information content (AvgIpc) is 2.47. The highest BCUT2D eigenvalue weighted by Gasteiger charge is 2.28. The highest BCUT2D eigenvalue weighted by atomic mass is 16.6. The molecule has 13 heavy (non-hydrogen) atoms. The maximum Gasteiger partial charge on any atom is 0.424 e. The topological polar surface area (TPSA) is 96.0 Å². The van der Waals surface area contributed by atoms with E-state index < -0.39 is 10.9 Å². The van der Waals surface area contributed by atoms with Gasteiger partial charge in [-0.25, -0.2) is 0 Å². The van der Waals surface area contributed by atoms with Crippen LogP contribution in [0.15, 0.2) is 4.99 Å². The van der Waals surface area contributed by atoms with Crippen LogP contribution in [0.4, 0.5) is 0 Å². The third-order valence-electron chi connectivity index (χ3n) is 1.66. The number of rotatable bonds is 3. The van der Waals surface area contributed by atoms with Crippen LogP contribution < -0.4 is 0 Å². The number of hydrogen-bond donors (Lipinski definition) is 1. The van der Waals surface area contributed by atoms with E-state index >= 15 is 0 Å². The van der Waals surface area contributed by atoms with E-state index in [-0.39, 0.29) is 18.9 Å². The maximum atomic E-state index is 10.3. The number of guanidine groups is 1. The highest BCUT2D eigenvalue weighted by Crippen LogP contribution is 2.02. The fourth-order valence-electron chi connectivity index (χ4n) is 1.09. The normalized spacial score (nSPS) is 15.7. The van der Waals surface area contributed by atoms with Crippen LogP contribution in [0.2, 0.25) is 0 Å². The Hall–Kier alpha value is -1.66. The predicted molar refractivity (Wildman–Crippen MR) is 43.1 cm³/mol. The van der Waals surface area contributed by atoms with E-state index in [1.54, 1.807) is 0 Å². The summed E-state index contributed by atoms with van der Waals surface area (Å²) in [5.41, 5.74) is 0. The summed E-state index contributed by atoms with van der Waals surface area (Å²) < 4.78 is 0. The molecule has 0 amide bonds. The van der Waals surface area contributed by atoms with Crippen LogP contribution in [0.1, 0.15) is 6.42 Å². The van der Waals surface area contributed by atoms with Gasteiger partial charge in [0.1, 0.15) is 13.1 Å². The van der Waals surface area contributed by atoms with Gasteiger partial charge in [0.15, 0.2) is 0 Å². The number of hydrogen-bond acceptors (Lipinski definition) is 5. The van der Waals surface area contributed by atoms with Gasteiger partial charge in [-0.3, -0.25) is 9.69 Å². The molecular formula is C6H9N3O4. The Morgan fingerprint density at radius 1 is 1.77 bits per heavy atom. The summed E-state index contributed by atoms with van der Waals surface area (Å²) in [5, 5.41) is 18.7. The highest BCUT2D eigenvalue weighted by molar-refractivity contribution is 5.74. The van der Waals surface area contributed by atoms with E-state index in [2.05, 4.69) is 4.99 Å². The van der Waals surface area contributed by atoms with Crippen LogP contribution in [0.5, 0.6) is 0 Å². The first kappa shape index (κ1) is 9.43. The van der Waals surface area contributed by atoms with E-state index in [0.717, 1.165) is 0 Å². The largest absolute Gasteiger partial charge is 0.481 e. The molecule has 0 aromatic carbocycles. The van der Waals surface area contributed by atoms with E-state index in [9.17, 15) is 14.9 Å². The molecule has 0 spiro atoms. The van der Waals surface area contributed by atoms with Crippen molar-refractivity contribution in [1.82, 2.24) is 4.90 Å². The molecule has 7 nitrogen and oxygen atoms in total. The minimum atomic E-state index is -0.963. The van der Waals surface area contributed by atoms with Crippen LogP contribution in [-0.4, -0.2) is 46.5 Å². The number of nitrogens with zero attached hydrogens (tertiary/aromatic N) is 3. The Balaban J connectivity index is 2.47. The fourth-order valence-corrected chi connectivity index (χ4v) is 1.09. The van der Waals surface area contributed by atoms with E-state index in [1.165, 1.54) is 4.90 Å². The molecule has 1 heterocycles. The molecule has 1 aliphatic heterocycles. The molecule has 0 aliphatic carbocycles. The molecule has 0 atom stereocenters. The van der Waals surface area contributed by atoms with Gasteiger partial charge in [-0.2, -0.15) is 0 Å². The summed E-state index contributed by atoms with van der Waals surface area (Å²) in [4.78, 5) is 25.0. The molecule has 0 bridgehead atoms. The van der Waals surface area contributed by atoms with Crippen LogP contribution in [0, 0.1) is 10.1 Å². The van der Waals surface area contributed by atoms with Gasteiger partial charge in [-0.15, -0.1) is 4.99 Å². The van der Waals surface area contributed by atoms with Gasteiger partial charge in [0.05, 0.1) is 13.0 Å². The lowest BCUT2D eigenvalue weighted by atomic mass is 10.4. The summed E-state index contributed by atoms with van der Waals surface area (Å²) in [6.07, 6.45) is -0.104. The van der Waals surface area contributed by atoms with Crippen molar-refractivity contribution in [2.24, 2.45) is 4.99 Å². The minimum absolute atomic E-state index is 0.104. The lowest BCUT2D eigenvalue weighted by molar-refractivity contribution is -0.362. The van der Waals surface area contributed by atoms with E-state index in [4.69, 9.17) is 5.11 Å². The van der Waals surface area contributed by atoms with Gasteiger partial charge in [-0.05, 0) is 4.92 Å². The first-order valence-electron chi connectivity index (χ1n) is 3.77. The summed E-state index contributed by atoms with van der Waals surface area (Å²) in [6.45, 7) is 0.953. The average molecular weight is 187 g/mol. The molecule has 0 aromatic rings. The number of aliphatic carboxylic acids is 1. The number of carboxylic acids is 1. The molecule has 1 aliphatic rings. The fraction of sp³-hybridized carbons (Fsp3) is 0.667. The van der Waals surface area contributed by atoms with Crippen LogP contribution in [-0.2, 0) is 4.79 Å². The molecule has 7 heteroatoms. The van der Waals surface area contributed by atoms with Crippen molar-refractivity contribution in [3.05, 3.63) is 10.1 Å². The van der Waals surface area contributed by atoms with Gasteiger partial charge in [0, 0.05) is 0 Å². The Labute approximate surface area is 73.8 Å². The zero-order valence-electron chi connectivity index (χ0n) is 6.84. The monoisotopic (exact) mass is 187 g/mol. The van der Waals surface area contributed by atoms with Crippen LogP contribution >= 0.6 is 0 Å². The van der Waals surface area contributed by atoms with Crippen molar-refractivity contribution in [3.63, 3.8) is 0 Å². The molecule has 1 rings (SSSR count). The van der Waals surface area contributed by atoms with Gasteiger partial charge in [0.25, 0.3) is 0 Å². The van der Waals surface area contributed by atoms with Crippen molar-refractivity contribution in [3.8, 4) is 0 Å². The molecule has 0 unspecified atom stereocenters. The maximum absolute atomic E-state index is 10.3. The predicted octanol–water partition coefficient (Wildman–Crippen LogP) is -0.591. The van der Waals surface area contributed by atoms with Crippen molar-refractivity contribution < 1.29 is 14.8 Å². The first-order valence-corrected chi connectivity index (χ1v) is 3.77. The second-order valence-electron chi connectivity index (χ2n) is 2.57. The first-order chi connectivity index (χ1) is 6.11. The van der Waals surface area contributed by atoms with Gasteiger partial charge >= 0.3 is 11.9 Å². The Morgan fingerprint density at radius 3 is 3.00 bits per heavy atom. The summed E-state index contributed by atoms with van der Waals surface area (Å²) in [6, 6.07) is 0. The molecule has 0 saturated carbocycles. The van der Waals surface area contributed by atoms with Crippen molar-refractivity contribution >= 4 is 11.9 Å². The second kappa shape index (κ2) is 3.83. The smallest absolute Gasteiger partial charge is 0.424 e. The summed E-state index contributed by atoms with van der Waals surface area (Å²) in [5.74, 6) is -1.18. The number of carbonyl (C=O) groups is 1. The van der Waals surface area contributed by atoms with Gasteiger partial charge in [-0.1, -0.05) is 0 Å². The van der Waals surface area contributed by atoms with E-state index in [0.29, 0.717) is 13.1 Å². The quantitative estimate of drug-likeness (QED) is 0.470. The molecular weight excluding hydrogens is 178 g/mol. The molecule has 72 valence electrons. The van der Waals surface area contributed by atoms with Gasteiger partial charge in [0.2, 0.25) is 0 Å². The zero-order valence-corrected chi connectivity index (χ0v) is 6.84. The van der Waals surface area contributed by atoms with E-state index in [1.807, 2.05) is 0 Å². The third kappa shape index (κ3) is 2.39. The van der Waals surface area contributed by atoms with Crippen molar-refractivity contribution in [2.45, 2.75) is 6.42 Å². The van der Waals surface area contributed by atoms with Crippen LogP contribution in [0.25, 0.3) is 0 Å². The third-order valence-corrected chi connectivity index (χ3v) is 1.66. The Morgan fingerprint density at radius 2 is 2.46 bits per heavy atom. The zero-order chi connectivity index (χ0) is 9.84. The number of nitro groups is 1. The Kier molecular flexibility index (Phi) is 2.78. The lowest BCUT2D eigenvalue weighted by Gasteiger charge is -2.10. The molecule has 0 aromatic heterocycles. The minimum Gasteiger partial charge on any atom is -0.481 e. The standard InChI is InChI=1S/C6H9N3O4/c10-5(11)1-3-8-4-2-7-6(8)9(12)13/h1-4H2,(H,10,11). The summed E-state index contributed by atoms with van der Waals surface area (Å²) >= 11 is 0. The second-order valence-corrected chi connectivity index (χ2v) is 2.57. The van der Waals surface area contributed by atoms with Gasteiger partial charge < -0.3 is 15.2 Å². The van der Waals surface area contributed by atoms with Crippen LogP contribution in [0.3, 0.4) is 0 Å². The Bertz CT molecular complexity index is 263.